The van der Waals surface area contributed by atoms with Crippen molar-refractivity contribution in [1.29, 1.82) is 0 Å². The molecule has 0 aromatic carbocycles. The summed E-state index contributed by atoms with van der Waals surface area (Å²) in [7, 11) is 0. The maximum absolute atomic E-state index is 11.2. The Morgan fingerprint density at radius 2 is 2.35 bits per heavy atom. The van der Waals surface area contributed by atoms with Gasteiger partial charge in [-0.3, -0.25) is 4.79 Å². The number of hydrogen-bond acceptors (Lipinski definition) is 4. The highest BCUT2D eigenvalue weighted by molar-refractivity contribution is 6.30. The molecule has 3 N–H and O–H groups in total. The fourth-order valence-electron chi connectivity index (χ4n) is 1.99. The van der Waals surface area contributed by atoms with Crippen molar-refractivity contribution in [2.45, 2.75) is 18.4 Å². The van der Waals surface area contributed by atoms with E-state index in [0.717, 1.165) is 6.54 Å². The van der Waals surface area contributed by atoms with Gasteiger partial charge in [-0.1, -0.05) is 11.6 Å². The lowest BCUT2D eigenvalue weighted by Gasteiger charge is -2.37. The number of aliphatic hydroxyl groups is 1. The normalized spacial score (nSPS) is 24.7. The number of anilines is 1. The van der Waals surface area contributed by atoms with Crippen LogP contribution in [0.3, 0.4) is 0 Å². The number of aromatic nitrogens is 1. The van der Waals surface area contributed by atoms with Crippen LogP contribution in [0.15, 0.2) is 18.3 Å². The highest BCUT2D eigenvalue weighted by Gasteiger charge is 2.39. The fraction of sp³-hybridized carbons (Fsp3) is 0.455. The number of carbonyl (C=O) groups excluding carboxylic acids is 1. The molecule has 6 heteroatoms. The van der Waals surface area contributed by atoms with E-state index in [2.05, 4.69) is 4.98 Å². The van der Waals surface area contributed by atoms with Gasteiger partial charge in [-0.2, -0.15) is 0 Å². The Balaban J connectivity index is 2.17. The van der Waals surface area contributed by atoms with E-state index >= 15 is 0 Å². The molecule has 1 aliphatic rings. The average molecular weight is 256 g/mol. The van der Waals surface area contributed by atoms with Gasteiger partial charge in [0.1, 0.15) is 5.82 Å². The molecule has 1 atom stereocenters. The molecule has 2 rings (SSSR count). The minimum absolute atomic E-state index is 0.178. The average Bonchev–Trinajstić information content (AvgIpc) is 2.30. The van der Waals surface area contributed by atoms with E-state index in [0.29, 0.717) is 23.7 Å². The van der Waals surface area contributed by atoms with Crippen LogP contribution in [-0.4, -0.2) is 34.7 Å². The lowest BCUT2D eigenvalue weighted by molar-refractivity contribution is -0.137. The Kier molecular flexibility index (Phi) is 3.22. The van der Waals surface area contributed by atoms with Crippen LogP contribution in [0.1, 0.15) is 12.8 Å². The minimum Gasteiger partial charge on any atom is -0.378 e. The van der Waals surface area contributed by atoms with Crippen molar-refractivity contribution in [2.75, 3.05) is 18.0 Å². The number of hydrogen-bond donors (Lipinski definition) is 2. The lowest BCUT2D eigenvalue weighted by atomic mass is 9.92. The monoisotopic (exact) mass is 255 g/mol. The Labute approximate surface area is 104 Å². The Hall–Kier alpha value is -1.33. The van der Waals surface area contributed by atoms with E-state index in [9.17, 15) is 9.90 Å². The maximum Gasteiger partial charge on any atom is 0.251 e. The van der Waals surface area contributed by atoms with Crippen molar-refractivity contribution in [2.24, 2.45) is 5.73 Å². The van der Waals surface area contributed by atoms with Gasteiger partial charge in [-0.15, -0.1) is 0 Å². The van der Waals surface area contributed by atoms with Crippen LogP contribution in [0.25, 0.3) is 0 Å². The second kappa shape index (κ2) is 4.50. The number of primary amides is 1. The smallest absolute Gasteiger partial charge is 0.251 e. The van der Waals surface area contributed by atoms with Crippen molar-refractivity contribution >= 4 is 23.3 Å². The molecule has 0 aliphatic carbocycles. The molecule has 17 heavy (non-hydrogen) atoms. The molecule has 1 aliphatic heterocycles. The summed E-state index contributed by atoms with van der Waals surface area (Å²) in [6.07, 6.45) is 2.63. The van der Waals surface area contributed by atoms with Crippen LogP contribution < -0.4 is 10.6 Å². The zero-order valence-corrected chi connectivity index (χ0v) is 10.0. The third-order valence-corrected chi connectivity index (χ3v) is 3.19. The summed E-state index contributed by atoms with van der Waals surface area (Å²) >= 11 is 5.75. The summed E-state index contributed by atoms with van der Waals surface area (Å²) in [6, 6.07) is 3.48. The number of nitrogens with two attached hydrogens (primary N) is 1. The zero-order valence-electron chi connectivity index (χ0n) is 9.27. The van der Waals surface area contributed by atoms with Crippen molar-refractivity contribution in [1.82, 2.24) is 4.98 Å². The number of rotatable bonds is 2. The van der Waals surface area contributed by atoms with Gasteiger partial charge in [0.2, 0.25) is 0 Å². The zero-order chi connectivity index (χ0) is 12.5. The Bertz CT molecular complexity index is 423. The van der Waals surface area contributed by atoms with Gasteiger partial charge in [-0.05, 0) is 25.0 Å². The van der Waals surface area contributed by atoms with Crippen molar-refractivity contribution < 1.29 is 9.90 Å². The Morgan fingerprint density at radius 3 is 2.94 bits per heavy atom. The topological polar surface area (TPSA) is 79.5 Å². The van der Waals surface area contributed by atoms with Crippen LogP contribution in [0.2, 0.25) is 5.02 Å². The summed E-state index contributed by atoms with van der Waals surface area (Å²) in [5, 5.41) is 10.6. The summed E-state index contributed by atoms with van der Waals surface area (Å²) in [5.41, 5.74) is 3.75. The molecule has 92 valence electrons. The standard InChI is InChI=1S/C11H14ClN3O2/c12-8-2-3-9(14-6-8)15-5-1-4-11(17,7-15)10(13)16/h2-3,6,17H,1,4-5,7H2,(H2,13,16)/t11-/m0/s1. The molecule has 1 amide bonds. The van der Waals surface area contributed by atoms with Crippen LogP contribution >= 0.6 is 11.6 Å². The number of halogens is 1. The van der Waals surface area contributed by atoms with E-state index in [-0.39, 0.29) is 6.54 Å². The quantitative estimate of drug-likeness (QED) is 0.809. The first-order valence-electron chi connectivity index (χ1n) is 5.40. The van der Waals surface area contributed by atoms with Crippen molar-refractivity contribution in [3.8, 4) is 0 Å². The molecule has 2 heterocycles. The third kappa shape index (κ3) is 2.50. The summed E-state index contributed by atoms with van der Waals surface area (Å²) in [6.45, 7) is 0.918. The van der Waals surface area contributed by atoms with E-state index in [1.807, 2.05) is 4.90 Å². The van der Waals surface area contributed by atoms with Crippen molar-refractivity contribution in [3.63, 3.8) is 0 Å². The first-order valence-corrected chi connectivity index (χ1v) is 5.78. The second-order valence-corrected chi connectivity index (χ2v) is 4.69. The van der Waals surface area contributed by atoms with Gasteiger partial charge in [0.25, 0.3) is 5.91 Å². The lowest BCUT2D eigenvalue weighted by Crippen LogP contribution is -2.56. The molecule has 1 saturated heterocycles. The largest absolute Gasteiger partial charge is 0.378 e. The molecule has 0 bridgehead atoms. The van der Waals surface area contributed by atoms with Crippen LogP contribution in [0.4, 0.5) is 5.82 Å². The van der Waals surface area contributed by atoms with Crippen LogP contribution in [0.5, 0.6) is 0 Å². The predicted octanol–water partition coefficient (Wildman–Crippen LogP) is 0.552. The van der Waals surface area contributed by atoms with E-state index in [1.54, 1.807) is 12.1 Å². The Morgan fingerprint density at radius 1 is 1.59 bits per heavy atom. The first kappa shape index (κ1) is 12.1. The SMILES string of the molecule is NC(=O)[C@]1(O)CCCN(c2ccc(Cl)cn2)C1. The molecule has 0 spiro atoms. The number of piperidine rings is 1. The van der Waals surface area contributed by atoms with E-state index < -0.39 is 11.5 Å². The van der Waals surface area contributed by atoms with Crippen molar-refractivity contribution in [3.05, 3.63) is 23.4 Å². The van der Waals surface area contributed by atoms with Gasteiger partial charge >= 0.3 is 0 Å². The summed E-state index contributed by atoms with van der Waals surface area (Å²) in [5.74, 6) is 0.00457. The van der Waals surface area contributed by atoms with Crippen LogP contribution in [-0.2, 0) is 4.79 Å². The molecular formula is C11H14ClN3O2. The number of carbonyl (C=O) groups is 1. The minimum atomic E-state index is -1.46. The maximum atomic E-state index is 11.2. The first-order chi connectivity index (χ1) is 8.01. The summed E-state index contributed by atoms with van der Waals surface area (Å²) in [4.78, 5) is 17.2. The molecule has 1 aromatic rings. The van der Waals surface area contributed by atoms with Crippen LogP contribution in [0, 0.1) is 0 Å². The van der Waals surface area contributed by atoms with Gasteiger partial charge in [0, 0.05) is 12.7 Å². The molecule has 0 unspecified atom stereocenters. The number of pyridine rings is 1. The predicted molar refractivity (Wildman–Crippen MR) is 64.8 cm³/mol. The van der Waals surface area contributed by atoms with Gasteiger partial charge in [-0.25, -0.2) is 4.98 Å². The second-order valence-electron chi connectivity index (χ2n) is 4.26. The molecule has 0 saturated carbocycles. The molecule has 1 aromatic heterocycles. The van der Waals surface area contributed by atoms with Gasteiger partial charge in [0.05, 0.1) is 11.6 Å². The van der Waals surface area contributed by atoms with E-state index in [1.165, 1.54) is 6.20 Å². The van der Waals surface area contributed by atoms with Gasteiger partial charge in [0.15, 0.2) is 5.60 Å². The van der Waals surface area contributed by atoms with E-state index in [4.69, 9.17) is 17.3 Å². The molecular weight excluding hydrogens is 242 g/mol. The molecule has 0 radical (unpaired) electrons. The third-order valence-electron chi connectivity index (χ3n) is 2.97. The highest BCUT2D eigenvalue weighted by Crippen LogP contribution is 2.25. The molecule has 1 fully saturated rings. The molecule has 5 nitrogen and oxygen atoms in total. The van der Waals surface area contributed by atoms with Gasteiger partial charge < -0.3 is 15.7 Å². The number of amides is 1. The number of nitrogens with zero attached hydrogens (tertiary/aromatic N) is 2. The highest BCUT2D eigenvalue weighted by atomic mass is 35.5. The summed E-state index contributed by atoms with van der Waals surface area (Å²) < 4.78 is 0. The fourth-order valence-corrected chi connectivity index (χ4v) is 2.10. The number of β-amino-alcohol motifs (C(OH)–C–C–N with tert-alkyl or cyclic N) is 1.